The van der Waals surface area contributed by atoms with Gasteiger partial charge in [-0.15, -0.1) is 0 Å². The summed E-state index contributed by atoms with van der Waals surface area (Å²) >= 11 is 0. The lowest BCUT2D eigenvalue weighted by atomic mass is 10.1. The van der Waals surface area contributed by atoms with E-state index in [-0.39, 0.29) is 11.5 Å². The summed E-state index contributed by atoms with van der Waals surface area (Å²) in [7, 11) is -3.59. The van der Waals surface area contributed by atoms with Gasteiger partial charge < -0.3 is 5.11 Å². The lowest BCUT2D eigenvalue weighted by Gasteiger charge is -2.18. The van der Waals surface area contributed by atoms with E-state index in [1.165, 1.54) is 0 Å². The molecule has 0 aliphatic carbocycles. The minimum atomic E-state index is -3.59. The second-order valence-electron chi connectivity index (χ2n) is 4.41. The van der Waals surface area contributed by atoms with Crippen LogP contribution in [0.3, 0.4) is 0 Å². The van der Waals surface area contributed by atoms with Gasteiger partial charge in [-0.3, -0.25) is 0 Å². The van der Waals surface area contributed by atoms with Gasteiger partial charge in [0.15, 0.2) is 0 Å². The van der Waals surface area contributed by atoms with Crippen molar-refractivity contribution >= 4 is 10.0 Å². The first-order valence-electron chi connectivity index (χ1n) is 6.36. The normalized spacial score (nSPS) is 13.1. The Labute approximate surface area is 119 Å². The Balaban J connectivity index is 2.25. The third-order valence-corrected chi connectivity index (χ3v) is 4.46. The van der Waals surface area contributed by atoms with Crippen molar-refractivity contribution in [3.8, 4) is 0 Å². The van der Waals surface area contributed by atoms with Crippen LogP contribution in [0.5, 0.6) is 0 Å². The van der Waals surface area contributed by atoms with Gasteiger partial charge in [0.1, 0.15) is 0 Å². The maximum Gasteiger partial charge on any atom is 0.241 e. The average molecular weight is 291 g/mol. The molecule has 4 nitrogen and oxygen atoms in total. The number of hydrogen-bond acceptors (Lipinski definition) is 3. The number of sulfonamides is 1. The zero-order chi connectivity index (χ0) is 14.4. The molecule has 0 fully saturated rings. The molecule has 0 saturated carbocycles. The molecule has 0 heterocycles. The van der Waals surface area contributed by atoms with Crippen LogP contribution in [0, 0.1) is 0 Å². The third kappa shape index (κ3) is 3.66. The van der Waals surface area contributed by atoms with Crippen LogP contribution in [0.4, 0.5) is 0 Å². The van der Waals surface area contributed by atoms with E-state index in [1.54, 1.807) is 30.3 Å². The molecule has 5 heteroatoms. The molecule has 0 unspecified atom stereocenters. The predicted octanol–water partition coefficient (Wildman–Crippen LogP) is 2.09. The quantitative estimate of drug-likeness (QED) is 0.856. The van der Waals surface area contributed by atoms with Gasteiger partial charge >= 0.3 is 0 Å². The zero-order valence-electron chi connectivity index (χ0n) is 10.9. The summed E-state index contributed by atoms with van der Waals surface area (Å²) in [6.07, 6.45) is 0.329. The van der Waals surface area contributed by atoms with E-state index in [9.17, 15) is 8.42 Å². The minimum Gasteiger partial charge on any atom is -0.396 e. The van der Waals surface area contributed by atoms with Crippen molar-refractivity contribution in [1.82, 2.24) is 4.72 Å². The monoisotopic (exact) mass is 291 g/mol. The highest BCUT2D eigenvalue weighted by Crippen LogP contribution is 2.19. The maximum absolute atomic E-state index is 12.3. The largest absolute Gasteiger partial charge is 0.396 e. The molecule has 0 aliphatic rings. The van der Waals surface area contributed by atoms with E-state index < -0.39 is 16.1 Å². The molecule has 2 rings (SSSR count). The Hall–Kier alpha value is -1.69. The molecule has 2 N–H and O–H groups in total. The van der Waals surface area contributed by atoms with Crippen molar-refractivity contribution in [2.75, 3.05) is 6.61 Å². The summed E-state index contributed by atoms with van der Waals surface area (Å²) in [5.41, 5.74) is 0.834. The predicted molar refractivity (Wildman–Crippen MR) is 77.6 cm³/mol. The molecule has 2 aromatic rings. The molecule has 0 spiro atoms. The molecule has 0 aliphatic heterocycles. The summed E-state index contributed by atoms with van der Waals surface area (Å²) in [5.74, 6) is 0. The summed E-state index contributed by atoms with van der Waals surface area (Å²) in [6, 6.07) is 17.0. The van der Waals surface area contributed by atoms with Gasteiger partial charge in [0.2, 0.25) is 10.0 Å². The van der Waals surface area contributed by atoms with Gasteiger partial charge in [0.05, 0.1) is 4.90 Å². The Morgan fingerprint density at radius 2 is 1.50 bits per heavy atom. The van der Waals surface area contributed by atoms with Crippen LogP contribution in [0.15, 0.2) is 65.6 Å². The van der Waals surface area contributed by atoms with Crippen LogP contribution in [0.25, 0.3) is 0 Å². The average Bonchev–Trinajstić information content (AvgIpc) is 2.48. The van der Waals surface area contributed by atoms with Crippen LogP contribution in [0.1, 0.15) is 18.0 Å². The van der Waals surface area contributed by atoms with E-state index in [0.717, 1.165) is 5.56 Å². The SMILES string of the molecule is O=S(=O)(N[C@H](CCO)c1ccccc1)c1ccccc1. The Morgan fingerprint density at radius 3 is 2.05 bits per heavy atom. The Bertz CT molecular complexity index is 627. The highest BCUT2D eigenvalue weighted by atomic mass is 32.2. The molecule has 0 radical (unpaired) electrons. The van der Waals surface area contributed by atoms with Crippen molar-refractivity contribution in [3.05, 3.63) is 66.2 Å². The summed E-state index contributed by atoms with van der Waals surface area (Å²) in [6.45, 7) is -0.0864. The second-order valence-corrected chi connectivity index (χ2v) is 6.12. The van der Waals surface area contributed by atoms with Gasteiger partial charge in [-0.1, -0.05) is 48.5 Å². The van der Waals surface area contributed by atoms with E-state index >= 15 is 0 Å². The molecule has 0 bridgehead atoms. The first-order valence-corrected chi connectivity index (χ1v) is 7.85. The lowest BCUT2D eigenvalue weighted by Crippen LogP contribution is -2.29. The lowest BCUT2D eigenvalue weighted by molar-refractivity contribution is 0.272. The molecule has 1 atom stereocenters. The van der Waals surface area contributed by atoms with Gasteiger partial charge in [-0.25, -0.2) is 13.1 Å². The fraction of sp³-hybridized carbons (Fsp3) is 0.200. The molecule has 0 saturated heterocycles. The van der Waals surface area contributed by atoms with Crippen LogP contribution < -0.4 is 4.72 Å². The van der Waals surface area contributed by atoms with Gasteiger partial charge in [-0.05, 0) is 24.1 Å². The zero-order valence-corrected chi connectivity index (χ0v) is 11.8. The van der Waals surface area contributed by atoms with Crippen LogP contribution in [-0.4, -0.2) is 20.1 Å². The number of hydrogen-bond donors (Lipinski definition) is 2. The number of aliphatic hydroxyl groups excluding tert-OH is 1. The topological polar surface area (TPSA) is 66.4 Å². The van der Waals surface area contributed by atoms with Crippen LogP contribution in [-0.2, 0) is 10.0 Å². The summed E-state index contributed by atoms with van der Waals surface area (Å²) in [4.78, 5) is 0.221. The van der Waals surface area contributed by atoms with Crippen molar-refractivity contribution < 1.29 is 13.5 Å². The first kappa shape index (κ1) is 14.7. The van der Waals surface area contributed by atoms with E-state index in [4.69, 9.17) is 5.11 Å². The van der Waals surface area contributed by atoms with Gasteiger partial charge in [-0.2, -0.15) is 0 Å². The number of aliphatic hydroxyl groups is 1. The van der Waals surface area contributed by atoms with Crippen molar-refractivity contribution in [1.29, 1.82) is 0 Å². The minimum absolute atomic E-state index is 0.0864. The standard InChI is InChI=1S/C15H17NO3S/c17-12-11-15(13-7-3-1-4-8-13)16-20(18,19)14-9-5-2-6-10-14/h1-10,15-17H,11-12H2/t15-/m1/s1. The maximum atomic E-state index is 12.3. The number of nitrogens with one attached hydrogen (secondary N) is 1. The molecule has 0 amide bonds. The number of rotatable bonds is 6. The van der Waals surface area contributed by atoms with E-state index in [1.807, 2.05) is 30.3 Å². The van der Waals surface area contributed by atoms with E-state index in [2.05, 4.69) is 4.72 Å². The van der Waals surface area contributed by atoms with Crippen molar-refractivity contribution in [3.63, 3.8) is 0 Å². The van der Waals surface area contributed by atoms with Crippen LogP contribution in [0.2, 0.25) is 0 Å². The second kappa shape index (κ2) is 6.65. The molecule has 2 aromatic carbocycles. The van der Waals surface area contributed by atoms with Gasteiger partial charge in [0.25, 0.3) is 0 Å². The van der Waals surface area contributed by atoms with Crippen molar-refractivity contribution in [2.24, 2.45) is 0 Å². The van der Waals surface area contributed by atoms with E-state index in [0.29, 0.717) is 6.42 Å². The Morgan fingerprint density at radius 1 is 0.950 bits per heavy atom. The highest BCUT2D eigenvalue weighted by molar-refractivity contribution is 7.89. The van der Waals surface area contributed by atoms with Gasteiger partial charge in [0, 0.05) is 12.6 Å². The number of benzene rings is 2. The first-order chi connectivity index (χ1) is 9.63. The molecule has 0 aromatic heterocycles. The highest BCUT2D eigenvalue weighted by Gasteiger charge is 2.20. The summed E-state index contributed by atoms with van der Waals surface area (Å²) in [5, 5.41) is 9.13. The fourth-order valence-electron chi connectivity index (χ4n) is 1.96. The summed E-state index contributed by atoms with van der Waals surface area (Å²) < 4.78 is 27.2. The van der Waals surface area contributed by atoms with Crippen molar-refractivity contribution in [2.45, 2.75) is 17.4 Å². The van der Waals surface area contributed by atoms with Crippen LogP contribution >= 0.6 is 0 Å². The molecular weight excluding hydrogens is 274 g/mol. The third-order valence-electron chi connectivity index (χ3n) is 2.97. The fourth-order valence-corrected chi connectivity index (χ4v) is 3.24. The smallest absolute Gasteiger partial charge is 0.241 e. The molecular formula is C15H17NO3S. The molecule has 106 valence electrons. The Kier molecular flexibility index (Phi) is 4.89. The molecule has 20 heavy (non-hydrogen) atoms.